The Bertz CT molecular complexity index is 6470. The van der Waals surface area contributed by atoms with E-state index in [0.717, 1.165) is 49.8 Å². The van der Waals surface area contributed by atoms with E-state index in [2.05, 4.69) is 178 Å². The van der Waals surface area contributed by atoms with Gasteiger partial charge in [0.25, 0.3) is 0 Å². The predicted octanol–water partition coefficient (Wildman–Crippen LogP) is 7.12. The summed E-state index contributed by atoms with van der Waals surface area (Å²) < 4.78 is 66.1. The largest absolute Gasteiger partial charge is 0.397 e. The number of hydrogen-bond acceptors (Lipinski definition) is 35. The minimum Gasteiger partial charge on any atom is -0.397 e. The molecule has 778 valence electrons. The highest BCUT2D eigenvalue weighted by molar-refractivity contribution is 7.73. The van der Waals surface area contributed by atoms with Crippen LogP contribution < -0.4 is 34.4 Å². The van der Waals surface area contributed by atoms with Gasteiger partial charge in [0.15, 0.2) is 77.4 Å². The first-order valence-corrected chi connectivity index (χ1v) is 65.2. The van der Waals surface area contributed by atoms with Gasteiger partial charge in [0.05, 0.1) is 109 Å². The predicted molar refractivity (Wildman–Crippen MR) is 575 cm³/mol. The summed E-state index contributed by atoms with van der Waals surface area (Å²) in [6.07, 6.45) is 37.2. The zero-order valence-electron chi connectivity index (χ0n) is 82.7. The van der Waals surface area contributed by atoms with E-state index in [4.69, 9.17) is 79.2 Å². The summed E-state index contributed by atoms with van der Waals surface area (Å²) in [5, 5.41) is 104. The minimum atomic E-state index is -2.45. The standard InChI is InChI=1S/C16H23N4O3P.2C16H25N4O3P.C15H22ClN4O2P.C15H22FN4O2P.C15H23N4O4P/c1-24(2,3)7-5-16-8-22-12(13(16)21)15(23-16)20-9-19-11-10(17)4-6-18-14(11)20;1-16(6-8-24(2,3)4)13(22)12(21)15(23-16)20-9-19-11-10(17)5-7-18-14(11)20;1-16(22)13(21)11(6-8-24(2,3)4)23-15(16)20-9-19-12-10(17)5-7-18-14(12)20;2*1-23(2,3)7-5-10-13(21)11(16)15(22-10)20-8-19-12-9(17)4-6-18-14(12)20;1-24(2,3)7-5-10-12(20)15(21,22)14(23-10)19-8-18-11-9(16)4-6-17-13(11)19/h4,6,9,12-13,15,21H,1,5,7-8H2,2-3H3,(H2,17,18);5,7,9,12-13,15,21-22H,2,6,8H2,1,3-4H3,(H2,17,18);5,7,9,11,13,15,21-22H,2,6,8H2,1,3-4H3,(H2,17,18);2*4,6,8,10-11,13,15,21H,1,5,7H2,2-3H3,(H2,17,18);4,6,8,10,12,14,20-22H,1,5,7H2,2-3H3,(H2,16,17)/t12-,13+,15-,16+;12-,13+,15-,16-;11-,13-,15-,16-;2*10-,11-,13-,15-;10-,12-,14-/m111111/s1. The number of halogens is 2. The number of rotatable bonds is 24. The first-order chi connectivity index (χ1) is 66.2. The van der Waals surface area contributed by atoms with E-state index < -0.39 is 180 Å². The lowest BCUT2D eigenvalue weighted by atomic mass is 9.95. The van der Waals surface area contributed by atoms with Gasteiger partial charge < -0.3 is 119 Å². The molecule has 23 atom stereocenters. The van der Waals surface area contributed by atoms with E-state index in [0.29, 0.717) is 133 Å². The molecule has 12 aromatic heterocycles. The second-order valence-corrected chi connectivity index (χ2v) is 68.9. The van der Waals surface area contributed by atoms with Crippen molar-refractivity contribution in [1.82, 2.24) is 87.2 Å². The van der Waals surface area contributed by atoms with Gasteiger partial charge in [-0.2, -0.15) is 0 Å². The van der Waals surface area contributed by atoms with Crippen LogP contribution in [0.3, 0.4) is 0 Å². The Morgan fingerprint density at radius 3 is 1.06 bits per heavy atom. The van der Waals surface area contributed by atoms with E-state index >= 15 is 0 Å². The molecule has 19 heterocycles. The lowest BCUT2D eigenvalue weighted by molar-refractivity contribution is -0.247. The number of nitrogens with two attached hydrogens (primary N) is 6. The van der Waals surface area contributed by atoms with Crippen LogP contribution in [0.15, 0.2) is 112 Å². The molecule has 0 aromatic carbocycles. The summed E-state index contributed by atoms with van der Waals surface area (Å²) in [6.45, 7) is 22.0. The van der Waals surface area contributed by atoms with Crippen LogP contribution in [-0.4, -0.2) is 407 Å². The van der Waals surface area contributed by atoms with Gasteiger partial charge in [-0.15, -0.1) is 90.7 Å². The minimum absolute atomic E-state index is 0.304. The Labute approximate surface area is 829 Å². The third-order valence-electron chi connectivity index (χ3n) is 26.4. The molecule has 2 bridgehead atoms. The van der Waals surface area contributed by atoms with Crippen LogP contribution in [0.1, 0.15) is 89.7 Å². The summed E-state index contributed by atoms with van der Waals surface area (Å²) in [4.78, 5) is 51.1. The molecule has 7 saturated heterocycles. The van der Waals surface area contributed by atoms with Crippen molar-refractivity contribution in [3.63, 3.8) is 0 Å². The quantitative estimate of drug-likeness (QED) is 0.0162. The van der Waals surface area contributed by atoms with Crippen molar-refractivity contribution in [2.24, 2.45) is 0 Å². The van der Waals surface area contributed by atoms with Crippen LogP contribution in [-0.2, 0) is 33.2 Å². The second kappa shape index (κ2) is 42.2. The highest BCUT2D eigenvalue weighted by Gasteiger charge is 2.62. The molecule has 19 rings (SSSR count). The van der Waals surface area contributed by atoms with Crippen LogP contribution >= 0.6 is 52.9 Å². The number of imidazole rings is 6. The van der Waals surface area contributed by atoms with E-state index in [1.807, 2.05) is 11.5 Å². The summed E-state index contributed by atoms with van der Waals surface area (Å²) >= 11 is 6.42. The summed E-state index contributed by atoms with van der Waals surface area (Å²) in [5.74, 6) is -2.45. The van der Waals surface area contributed by atoms with Crippen LogP contribution in [0, 0.1) is 0 Å². The van der Waals surface area contributed by atoms with Gasteiger partial charge in [0.1, 0.15) is 98.5 Å². The van der Waals surface area contributed by atoms with Crippen molar-refractivity contribution in [2.45, 2.75) is 197 Å². The lowest BCUT2D eigenvalue weighted by Crippen LogP contribution is -2.46. The molecule has 0 spiro atoms. The van der Waals surface area contributed by atoms with E-state index in [1.165, 1.54) is 28.0 Å². The lowest BCUT2D eigenvalue weighted by Gasteiger charge is -2.32. The van der Waals surface area contributed by atoms with Crippen LogP contribution in [0.2, 0.25) is 0 Å². The van der Waals surface area contributed by atoms with Gasteiger partial charge in [-0.3, -0.25) is 27.4 Å². The van der Waals surface area contributed by atoms with Crippen LogP contribution in [0.4, 0.5) is 38.5 Å². The van der Waals surface area contributed by atoms with Gasteiger partial charge >= 0.3 is 0 Å². The molecule has 41 nitrogen and oxygen atoms in total. The molecule has 7 fully saturated rings. The van der Waals surface area contributed by atoms with Gasteiger partial charge in [0, 0.05) is 37.2 Å². The topological polar surface area (TPSA) is 607 Å². The number of pyridine rings is 6. The first kappa shape index (κ1) is 110. The third-order valence-corrected chi connectivity index (χ3v) is 35.6. The number of aliphatic hydroxyl groups excluding tert-OH is 7. The monoisotopic (exact) mass is 2100 g/mol. The zero-order chi connectivity index (χ0) is 104. The summed E-state index contributed by atoms with van der Waals surface area (Å²) in [7, 11) is 0. The van der Waals surface area contributed by atoms with Crippen LogP contribution in [0.25, 0.3) is 67.0 Å². The van der Waals surface area contributed by atoms with Crippen LogP contribution in [0.5, 0.6) is 0 Å². The number of ether oxygens (including phenoxy) is 7. The number of anilines is 6. The molecule has 49 heteroatoms. The van der Waals surface area contributed by atoms with Gasteiger partial charge in [0.2, 0.25) is 5.79 Å². The number of alkyl halides is 2. The SMILES string of the molecule is C=P(C)(C)CC[C@@]1(C)O[C@@H](n2cnc3c(N)ccnc32)[C@H](O)[C@@H]1O.C=P(C)(C)CC[C@@]12CO[C@@H]([C@H](n3cnc4c(N)ccnc43)O1)[C@@H]2O.C=P(C)(C)CC[C@H]1O[C@@H](n2cnc3c(N)ccnc32)C(O)(O)[C@@H]1O.C=P(C)(C)CC[C@H]1O[C@@H](n2cnc3c(N)ccnc32)[C@H](Cl)[C@@H]1O.C=P(C)(C)CC[C@H]1O[C@@H](n2cnc3c(N)ccnc32)[C@H](F)[C@@H]1O.C=P(C)(C)CC[C@H]1O[C@@H](n2cnc3c(N)ccnc32)[C@](C)(O)[C@@H]1O. The van der Waals surface area contributed by atoms with Crippen molar-refractivity contribution in [3.05, 3.63) is 112 Å². The highest BCUT2D eigenvalue weighted by Crippen LogP contribution is 2.53. The number of hydrogen-bond donors (Lipinski definition) is 16. The van der Waals surface area contributed by atoms with Crippen molar-refractivity contribution in [3.8, 4) is 0 Å². The molecule has 7 aliphatic heterocycles. The van der Waals surface area contributed by atoms with Crippen molar-refractivity contribution >= 4 is 192 Å². The number of nitrogens with zero attached hydrogens (tertiary/aromatic N) is 18. The second-order valence-electron chi connectivity index (χ2n) is 42.5. The maximum Gasteiger partial charge on any atom is 0.239 e. The maximum absolute atomic E-state index is 14.6. The van der Waals surface area contributed by atoms with E-state index in [1.54, 1.807) is 113 Å². The Kier molecular flexibility index (Phi) is 32.6. The molecule has 12 aromatic rings. The summed E-state index contributed by atoms with van der Waals surface area (Å²) in [5.41, 5.74) is 41.9. The molecular weight excluding hydrogens is 1970 g/mol. The van der Waals surface area contributed by atoms with Gasteiger partial charge in [-0.1, -0.05) is 0 Å². The maximum atomic E-state index is 14.6. The third kappa shape index (κ3) is 23.8. The molecule has 0 amide bonds. The fourth-order valence-corrected chi connectivity index (χ4v) is 24.2. The average molecular weight is 2110 g/mol. The Hall–Kier alpha value is -8.14. The van der Waals surface area contributed by atoms with E-state index in [9.17, 15) is 55.5 Å². The number of aromatic nitrogens is 18. The molecule has 7 aliphatic rings. The van der Waals surface area contributed by atoms with Crippen molar-refractivity contribution in [1.29, 1.82) is 0 Å². The smallest absolute Gasteiger partial charge is 0.239 e. The first-order valence-electron chi connectivity index (χ1n) is 46.5. The average Bonchev–Trinajstić information content (AvgIpc) is 1.57. The zero-order valence-corrected chi connectivity index (χ0v) is 88.8. The summed E-state index contributed by atoms with van der Waals surface area (Å²) in [6, 6.07) is 10.0. The molecule has 0 aliphatic carbocycles. The highest BCUT2D eigenvalue weighted by atomic mass is 35.5. The fourth-order valence-electron chi connectivity index (χ4n) is 18.0. The number of nitrogen functional groups attached to an aromatic ring is 6. The molecular formula is C93H140ClFN24O17P6. The Balaban J connectivity index is 0.000000135. The molecule has 0 saturated carbocycles. The molecule has 142 heavy (non-hydrogen) atoms. The number of fused-ring (bicyclic) bond motifs is 8. The van der Waals surface area contributed by atoms with Crippen molar-refractivity contribution < 1.29 is 88.6 Å². The Morgan fingerprint density at radius 1 is 0.366 bits per heavy atom. The number of aliphatic hydroxyl groups is 10. The fraction of sp³-hybridized carbons (Fsp3) is 0.548. The molecule has 22 N–H and O–H groups in total. The van der Waals surface area contributed by atoms with Gasteiger partial charge in [-0.05, 0) is 206 Å². The van der Waals surface area contributed by atoms with E-state index in [-0.39, 0.29) is 6.10 Å². The normalized spacial score (nSPS) is 29.8. The van der Waals surface area contributed by atoms with Crippen molar-refractivity contribution in [2.75, 3.05) is 158 Å². The van der Waals surface area contributed by atoms with Gasteiger partial charge in [-0.25, -0.2) is 64.2 Å². The molecule has 0 radical (unpaired) electrons. The molecule has 0 unspecified atom stereocenters. The Morgan fingerprint density at radius 2 is 0.676 bits per heavy atom.